The summed E-state index contributed by atoms with van der Waals surface area (Å²) in [5.41, 5.74) is 5.23. The summed E-state index contributed by atoms with van der Waals surface area (Å²) in [6.45, 7) is 6.78. The SMILES string of the molecule is Cc1cccc(Cn2nc(C)c(N=C=S)c2C)c1. The van der Waals surface area contributed by atoms with E-state index < -0.39 is 0 Å². The van der Waals surface area contributed by atoms with Crippen LogP contribution in [-0.4, -0.2) is 14.9 Å². The van der Waals surface area contributed by atoms with Gasteiger partial charge in [0.1, 0.15) is 5.69 Å². The van der Waals surface area contributed by atoms with Gasteiger partial charge in [0.15, 0.2) is 0 Å². The van der Waals surface area contributed by atoms with E-state index in [1.807, 2.05) is 18.5 Å². The van der Waals surface area contributed by atoms with E-state index in [0.717, 1.165) is 23.6 Å². The van der Waals surface area contributed by atoms with E-state index in [1.54, 1.807) is 0 Å². The van der Waals surface area contributed by atoms with Gasteiger partial charge in [0.05, 0.1) is 23.1 Å². The zero-order valence-electron chi connectivity index (χ0n) is 10.8. The Morgan fingerprint density at radius 3 is 2.78 bits per heavy atom. The summed E-state index contributed by atoms with van der Waals surface area (Å²) in [6, 6.07) is 8.42. The van der Waals surface area contributed by atoms with Crippen molar-refractivity contribution in [3.63, 3.8) is 0 Å². The van der Waals surface area contributed by atoms with Crippen LogP contribution in [0.5, 0.6) is 0 Å². The van der Waals surface area contributed by atoms with E-state index >= 15 is 0 Å². The van der Waals surface area contributed by atoms with Crippen LogP contribution in [-0.2, 0) is 6.54 Å². The fourth-order valence-electron chi connectivity index (χ4n) is 2.03. The van der Waals surface area contributed by atoms with Gasteiger partial charge in [-0.2, -0.15) is 10.1 Å². The van der Waals surface area contributed by atoms with E-state index in [0.29, 0.717) is 0 Å². The number of thiocarbonyl (C=S) groups is 1. The van der Waals surface area contributed by atoms with Gasteiger partial charge in [0.2, 0.25) is 0 Å². The molecule has 0 bridgehead atoms. The van der Waals surface area contributed by atoms with Crippen LogP contribution in [0, 0.1) is 20.8 Å². The van der Waals surface area contributed by atoms with Gasteiger partial charge in [-0.15, -0.1) is 0 Å². The Morgan fingerprint density at radius 1 is 1.33 bits per heavy atom. The van der Waals surface area contributed by atoms with Crippen molar-refractivity contribution < 1.29 is 0 Å². The molecule has 0 spiro atoms. The van der Waals surface area contributed by atoms with Crippen LogP contribution in [0.15, 0.2) is 29.3 Å². The highest BCUT2D eigenvalue weighted by Gasteiger charge is 2.10. The van der Waals surface area contributed by atoms with E-state index in [9.17, 15) is 0 Å². The maximum absolute atomic E-state index is 4.66. The number of aryl methyl sites for hydroxylation is 2. The van der Waals surface area contributed by atoms with Crippen LogP contribution < -0.4 is 0 Å². The van der Waals surface area contributed by atoms with E-state index in [1.165, 1.54) is 11.1 Å². The normalized spacial score (nSPS) is 10.2. The molecule has 0 aliphatic heterocycles. The molecule has 3 nitrogen and oxygen atoms in total. The van der Waals surface area contributed by atoms with E-state index in [-0.39, 0.29) is 0 Å². The Hall–Kier alpha value is -1.77. The zero-order chi connectivity index (χ0) is 13.1. The molecular weight excluding hydrogens is 242 g/mol. The number of hydrogen-bond acceptors (Lipinski definition) is 3. The first-order valence-corrected chi connectivity index (χ1v) is 6.20. The van der Waals surface area contributed by atoms with Crippen LogP contribution in [0.4, 0.5) is 5.69 Å². The molecule has 0 N–H and O–H groups in total. The molecular formula is C14H15N3S. The Kier molecular flexibility index (Phi) is 3.70. The summed E-state index contributed by atoms with van der Waals surface area (Å²) in [7, 11) is 0. The molecule has 92 valence electrons. The summed E-state index contributed by atoms with van der Waals surface area (Å²) >= 11 is 4.66. The van der Waals surface area contributed by atoms with Crippen molar-refractivity contribution in [3.8, 4) is 0 Å². The van der Waals surface area contributed by atoms with Crippen LogP contribution in [0.25, 0.3) is 0 Å². The van der Waals surface area contributed by atoms with Gasteiger partial charge in [-0.1, -0.05) is 29.8 Å². The van der Waals surface area contributed by atoms with Crippen LogP contribution in [0.3, 0.4) is 0 Å². The molecule has 1 heterocycles. The molecule has 4 heteroatoms. The number of hydrogen-bond donors (Lipinski definition) is 0. The number of nitrogens with zero attached hydrogens (tertiary/aromatic N) is 3. The third kappa shape index (κ3) is 2.55. The monoisotopic (exact) mass is 257 g/mol. The highest BCUT2D eigenvalue weighted by atomic mass is 32.1. The molecule has 0 aliphatic carbocycles. The molecule has 2 rings (SSSR count). The Bertz CT molecular complexity index is 622. The molecule has 0 saturated carbocycles. The van der Waals surface area contributed by atoms with Gasteiger partial charge >= 0.3 is 0 Å². The quantitative estimate of drug-likeness (QED) is 0.621. The van der Waals surface area contributed by atoms with Crippen molar-refractivity contribution in [2.24, 2.45) is 4.99 Å². The molecule has 0 radical (unpaired) electrons. The highest BCUT2D eigenvalue weighted by Crippen LogP contribution is 2.23. The lowest BCUT2D eigenvalue weighted by Gasteiger charge is -2.05. The lowest BCUT2D eigenvalue weighted by atomic mass is 10.1. The number of isothiocyanates is 1. The minimum Gasteiger partial charge on any atom is -0.263 e. The standard InChI is InChI=1S/C14H15N3S/c1-10-5-4-6-13(7-10)8-17-12(3)14(15-9-18)11(2)16-17/h4-7H,8H2,1-3H3. The van der Waals surface area contributed by atoms with Gasteiger partial charge in [-0.25, -0.2) is 0 Å². The molecule has 1 aromatic heterocycles. The van der Waals surface area contributed by atoms with Gasteiger partial charge in [0.25, 0.3) is 0 Å². The molecule has 0 fully saturated rings. The first-order valence-electron chi connectivity index (χ1n) is 5.79. The number of aromatic nitrogens is 2. The van der Waals surface area contributed by atoms with Crippen molar-refractivity contribution >= 4 is 23.1 Å². The van der Waals surface area contributed by atoms with Crippen LogP contribution >= 0.6 is 12.2 Å². The fraction of sp³-hybridized carbons (Fsp3) is 0.286. The van der Waals surface area contributed by atoms with Crippen LogP contribution in [0.1, 0.15) is 22.5 Å². The Balaban J connectivity index is 2.35. The predicted molar refractivity (Wildman–Crippen MR) is 76.7 cm³/mol. The van der Waals surface area contributed by atoms with Crippen molar-refractivity contribution in [2.45, 2.75) is 27.3 Å². The fourth-order valence-corrected chi connectivity index (χ4v) is 2.12. The molecule has 0 aliphatic rings. The van der Waals surface area contributed by atoms with Crippen molar-refractivity contribution in [1.29, 1.82) is 0 Å². The summed E-state index contributed by atoms with van der Waals surface area (Å²) in [5, 5.41) is 6.90. The number of rotatable bonds is 3. The minimum absolute atomic E-state index is 0.751. The summed E-state index contributed by atoms with van der Waals surface area (Å²) < 4.78 is 1.95. The van der Waals surface area contributed by atoms with E-state index in [2.05, 4.69) is 58.7 Å². The summed E-state index contributed by atoms with van der Waals surface area (Å²) in [6.07, 6.45) is 0. The molecule has 2 aromatic rings. The predicted octanol–water partition coefficient (Wildman–Crippen LogP) is 3.59. The molecule has 0 atom stereocenters. The Labute approximate surface area is 112 Å². The molecule has 18 heavy (non-hydrogen) atoms. The third-order valence-electron chi connectivity index (χ3n) is 2.92. The molecule has 0 unspecified atom stereocenters. The van der Waals surface area contributed by atoms with Gasteiger partial charge in [0, 0.05) is 0 Å². The van der Waals surface area contributed by atoms with Gasteiger partial charge in [-0.05, 0) is 38.6 Å². The summed E-state index contributed by atoms with van der Waals surface area (Å²) in [5.74, 6) is 0. The third-order valence-corrected chi connectivity index (χ3v) is 3.01. The van der Waals surface area contributed by atoms with Gasteiger partial charge in [-0.3, -0.25) is 4.68 Å². The number of aliphatic imine (C=N–C) groups is 1. The number of benzene rings is 1. The first-order chi connectivity index (χ1) is 8.61. The molecule has 1 aromatic carbocycles. The first kappa shape index (κ1) is 12.7. The maximum Gasteiger partial charge on any atom is 0.118 e. The second-order valence-electron chi connectivity index (χ2n) is 4.37. The Morgan fingerprint density at radius 2 is 2.11 bits per heavy atom. The lowest BCUT2D eigenvalue weighted by molar-refractivity contribution is 0.659. The molecule has 0 amide bonds. The average Bonchev–Trinajstić information content (AvgIpc) is 2.57. The van der Waals surface area contributed by atoms with Crippen LogP contribution in [0.2, 0.25) is 0 Å². The van der Waals surface area contributed by atoms with Gasteiger partial charge < -0.3 is 0 Å². The summed E-state index contributed by atoms with van der Waals surface area (Å²) in [4.78, 5) is 4.07. The van der Waals surface area contributed by atoms with Crippen molar-refractivity contribution in [1.82, 2.24) is 9.78 Å². The highest BCUT2D eigenvalue weighted by molar-refractivity contribution is 7.78. The second-order valence-corrected chi connectivity index (χ2v) is 4.55. The van der Waals surface area contributed by atoms with Crippen molar-refractivity contribution in [3.05, 3.63) is 46.8 Å². The lowest BCUT2D eigenvalue weighted by Crippen LogP contribution is -2.03. The van der Waals surface area contributed by atoms with Crippen molar-refractivity contribution in [2.75, 3.05) is 0 Å². The second kappa shape index (κ2) is 5.25. The molecule has 0 saturated heterocycles. The smallest absolute Gasteiger partial charge is 0.118 e. The van der Waals surface area contributed by atoms with E-state index in [4.69, 9.17) is 0 Å². The zero-order valence-corrected chi connectivity index (χ0v) is 11.6. The average molecular weight is 257 g/mol. The minimum atomic E-state index is 0.751. The maximum atomic E-state index is 4.66. The topological polar surface area (TPSA) is 30.2 Å². The largest absolute Gasteiger partial charge is 0.263 e.